The Labute approximate surface area is 80.6 Å². The number of hydrogen-bond donors (Lipinski definition) is 1. The molecule has 0 unspecified atom stereocenters. The Bertz CT molecular complexity index is 317. The average molecular weight is 199 g/mol. The van der Waals surface area contributed by atoms with Crippen LogP contribution in [0.15, 0.2) is 24.3 Å². The highest BCUT2D eigenvalue weighted by Gasteiger charge is 2.04. The minimum absolute atomic E-state index is 0.0405. The zero-order valence-corrected chi connectivity index (χ0v) is 7.62. The van der Waals surface area contributed by atoms with Crippen LogP contribution < -0.4 is 10.2 Å². The second kappa shape index (κ2) is 5.18. The number of carbonyl (C=O) groups is 1. The molecular weight excluding hydrogens is 189 g/mol. The van der Waals surface area contributed by atoms with Gasteiger partial charge >= 0.3 is 0 Å². The largest absolute Gasteiger partial charge is 0.481 e. The lowest BCUT2D eigenvalue weighted by molar-refractivity contribution is -0.133. The zero-order valence-electron chi connectivity index (χ0n) is 7.62. The van der Waals surface area contributed by atoms with Gasteiger partial charge in [-0.2, -0.15) is 0 Å². The first-order valence-electron chi connectivity index (χ1n) is 3.93. The summed E-state index contributed by atoms with van der Waals surface area (Å²) in [6.07, 6.45) is 0. The van der Waals surface area contributed by atoms with Gasteiger partial charge in [0.15, 0.2) is 18.2 Å². The molecule has 0 radical (unpaired) electrons. The molecule has 0 aromatic heterocycles. The molecular formula is C9H10FNO3. The first-order valence-corrected chi connectivity index (χ1v) is 3.93. The lowest BCUT2D eigenvalue weighted by Crippen LogP contribution is -2.27. The maximum Gasteiger partial charge on any atom is 0.281 e. The van der Waals surface area contributed by atoms with Gasteiger partial charge < -0.3 is 4.74 Å². The van der Waals surface area contributed by atoms with E-state index in [1.54, 1.807) is 6.07 Å². The van der Waals surface area contributed by atoms with Crippen molar-refractivity contribution in [2.45, 2.75) is 0 Å². The Morgan fingerprint density at radius 3 is 2.86 bits per heavy atom. The number of carbonyl (C=O) groups excluding carboxylic acids is 1. The van der Waals surface area contributed by atoms with Gasteiger partial charge in [0.25, 0.3) is 5.91 Å². The van der Waals surface area contributed by atoms with Crippen LogP contribution in [-0.4, -0.2) is 19.6 Å². The van der Waals surface area contributed by atoms with Gasteiger partial charge in [-0.05, 0) is 12.1 Å². The summed E-state index contributed by atoms with van der Waals surface area (Å²) in [6.45, 7) is -0.283. The standard InChI is InChI=1S/C9H10FNO3/c1-13-11-9(12)6-14-8-5-3-2-4-7(8)10/h2-5H,6H2,1H3,(H,11,12). The number of amides is 1. The molecule has 0 fully saturated rings. The quantitative estimate of drug-likeness (QED) is 0.732. The maximum absolute atomic E-state index is 12.9. The molecule has 5 heteroatoms. The third kappa shape index (κ3) is 3.02. The fraction of sp³-hybridized carbons (Fsp3) is 0.222. The molecule has 1 amide bonds. The van der Waals surface area contributed by atoms with E-state index in [4.69, 9.17) is 4.74 Å². The van der Waals surface area contributed by atoms with Crippen LogP contribution in [0.1, 0.15) is 0 Å². The number of ether oxygens (including phenoxy) is 1. The molecule has 0 aliphatic heterocycles. The highest BCUT2D eigenvalue weighted by molar-refractivity contribution is 5.76. The Morgan fingerprint density at radius 1 is 1.50 bits per heavy atom. The van der Waals surface area contributed by atoms with Crippen LogP contribution in [0.4, 0.5) is 4.39 Å². The van der Waals surface area contributed by atoms with E-state index in [9.17, 15) is 9.18 Å². The Morgan fingerprint density at radius 2 is 2.21 bits per heavy atom. The number of nitrogens with one attached hydrogen (secondary N) is 1. The molecule has 1 N–H and O–H groups in total. The molecule has 1 rings (SSSR count). The summed E-state index contributed by atoms with van der Waals surface area (Å²) in [5.41, 5.74) is 2.05. The summed E-state index contributed by atoms with van der Waals surface area (Å²) in [6, 6.07) is 5.85. The van der Waals surface area contributed by atoms with Crippen LogP contribution in [0.2, 0.25) is 0 Å². The predicted octanol–water partition coefficient (Wildman–Crippen LogP) is 0.882. The highest BCUT2D eigenvalue weighted by Crippen LogP contribution is 2.14. The predicted molar refractivity (Wildman–Crippen MR) is 47.0 cm³/mol. The molecule has 76 valence electrons. The van der Waals surface area contributed by atoms with E-state index >= 15 is 0 Å². The van der Waals surface area contributed by atoms with Crippen molar-refractivity contribution in [1.82, 2.24) is 5.48 Å². The lowest BCUT2D eigenvalue weighted by Gasteiger charge is -2.05. The van der Waals surface area contributed by atoms with Gasteiger partial charge in [-0.25, -0.2) is 9.87 Å². The first kappa shape index (κ1) is 10.5. The summed E-state index contributed by atoms with van der Waals surface area (Å²) >= 11 is 0. The van der Waals surface area contributed by atoms with Crippen molar-refractivity contribution in [2.24, 2.45) is 0 Å². The van der Waals surface area contributed by atoms with Gasteiger partial charge in [0.2, 0.25) is 0 Å². The van der Waals surface area contributed by atoms with Crippen molar-refractivity contribution in [3.05, 3.63) is 30.1 Å². The normalized spacial score (nSPS) is 9.57. The van der Waals surface area contributed by atoms with Crippen molar-refractivity contribution in [3.8, 4) is 5.75 Å². The van der Waals surface area contributed by atoms with Crippen LogP contribution in [0.25, 0.3) is 0 Å². The SMILES string of the molecule is CONC(=O)COc1ccccc1F. The molecule has 14 heavy (non-hydrogen) atoms. The molecule has 1 aromatic carbocycles. The second-order valence-electron chi connectivity index (χ2n) is 2.45. The Kier molecular flexibility index (Phi) is 3.87. The Balaban J connectivity index is 2.46. The minimum atomic E-state index is -0.502. The molecule has 0 bridgehead atoms. The van der Waals surface area contributed by atoms with E-state index in [0.29, 0.717) is 0 Å². The second-order valence-corrected chi connectivity index (χ2v) is 2.45. The smallest absolute Gasteiger partial charge is 0.281 e. The molecule has 0 aliphatic carbocycles. The summed E-state index contributed by atoms with van der Waals surface area (Å²) in [7, 11) is 1.31. The van der Waals surface area contributed by atoms with Gasteiger partial charge in [-0.1, -0.05) is 12.1 Å². The van der Waals surface area contributed by atoms with E-state index in [-0.39, 0.29) is 12.4 Å². The summed E-state index contributed by atoms with van der Waals surface area (Å²) in [5.74, 6) is -0.938. The molecule has 0 spiro atoms. The van der Waals surface area contributed by atoms with Gasteiger partial charge in [0, 0.05) is 0 Å². The van der Waals surface area contributed by atoms with Crippen molar-refractivity contribution < 1.29 is 18.8 Å². The van der Waals surface area contributed by atoms with Gasteiger partial charge in [0.1, 0.15) is 0 Å². The Hall–Kier alpha value is -1.62. The molecule has 0 atom stereocenters. The van der Waals surface area contributed by atoms with Crippen LogP contribution >= 0.6 is 0 Å². The van der Waals surface area contributed by atoms with Crippen LogP contribution in [0.3, 0.4) is 0 Å². The number of hydroxylamine groups is 1. The third-order valence-corrected chi connectivity index (χ3v) is 1.41. The van der Waals surface area contributed by atoms with Crippen LogP contribution in [-0.2, 0) is 9.63 Å². The molecule has 0 saturated heterocycles. The number of rotatable bonds is 4. The maximum atomic E-state index is 12.9. The minimum Gasteiger partial charge on any atom is -0.481 e. The van der Waals surface area contributed by atoms with Crippen LogP contribution in [0.5, 0.6) is 5.75 Å². The van der Waals surface area contributed by atoms with E-state index in [2.05, 4.69) is 4.84 Å². The zero-order chi connectivity index (χ0) is 10.4. The topological polar surface area (TPSA) is 47.6 Å². The fourth-order valence-corrected chi connectivity index (χ4v) is 0.848. The summed E-state index contributed by atoms with van der Waals surface area (Å²) < 4.78 is 17.8. The van der Waals surface area contributed by atoms with Crippen molar-refractivity contribution in [1.29, 1.82) is 0 Å². The number of hydrogen-bond acceptors (Lipinski definition) is 3. The summed E-state index contributed by atoms with van der Waals surface area (Å²) in [5, 5.41) is 0. The molecule has 0 heterocycles. The van der Waals surface area contributed by atoms with E-state index in [1.807, 2.05) is 5.48 Å². The number of para-hydroxylation sites is 1. The molecule has 4 nitrogen and oxygen atoms in total. The van der Waals surface area contributed by atoms with Crippen molar-refractivity contribution in [3.63, 3.8) is 0 Å². The van der Waals surface area contributed by atoms with Crippen LogP contribution in [0, 0.1) is 5.82 Å². The van der Waals surface area contributed by atoms with Gasteiger partial charge in [-0.3, -0.25) is 9.63 Å². The molecule has 0 aliphatic rings. The number of halogens is 1. The lowest BCUT2D eigenvalue weighted by atomic mass is 10.3. The third-order valence-electron chi connectivity index (χ3n) is 1.41. The molecule has 1 aromatic rings. The fourth-order valence-electron chi connectivity index (χ4n) is 0.848. The number of benzene rings is 1. The average Bonchev–Trinajstić information content (AvgIpc) is 2.17. The van der Waals surface area contributed by atoms with Crippen molar-refractivity contribution in [2.75, 3.05) is 13.7 Å². The monoisotopic (exact) mass is 199 g/mol. The molecule has 0 saturated carbocycles. The first-order chi connectivity index (χ1) is 6.74. The summed E-state index contributed by atoms with van der Waals surface area (Å²) in [4.78, 5) is 15.2. The van der Waals surface area contributed by atoms with Gasteiger partial charge in [-0.15, -0.1) is 0 Å². The van der Waals surface area contributed by atoms with E-state index in [0.717, 1.165) is 0 Å². The van der Waals surface area contributed by atoms with E-state index in [1.165, 1.54) is 25.3 Å². The van der Waals surface area contributed by atoms with E-state index < -0.39 is 11.7 Å². The van der Waals surface area contributed by atoms with Gasteiger partial charge in [0.05, 0.1) is 7.11 Å². The highest BCUT2D eigenvalue weighted by atomic mass is 19.1. The van der Waals surface area contributed by atoms with Crippen molar-refractivity contribution >= 4 is 5.91 Å².